The van der Waals surface area contributed by atoms with Gasteiger partial charge >= 0.3 is 0 Å². The Morgan fingerprint density at radius 2 is 1.92 bits per heavy atom. The van der Waals surface area contributed by atoms with E-state index < -0.39 is 0 Å². The average Bonchev–Trinajstić information content (AvgIpc) is 2.13. The van der Waals surface area contributed by atoms with E-state index in [1.165, 1.54) is 0 Å². The van der Waals surface area contributed by atoms with E-state index in [0.717, 1.165) is 11.3 Å². The molecule has 0 heterocycles. The molecular formula is C9H14ClOP. The predicted octanol–water partition coefficient (Wildman–Crippen LogP) is 3.15. The van der Waals surface area contributed by atoms with Crippen molar-refractivity contribution in [2.24, 2.45) is 0 Å². The fraction of sp³-hybridized carbons (Fsp3) is 0.333. The molecule has 1 aromatic carbocycles. The van der Waals surface area contributed by atoms with Crippen LogP contribution >= 0.6 is 20.8 Å². The molecular weight excluding hydrogens is 191 g/mol. The van der Waals surface area contributed by atoms with Crippen LogP contribution < -0.4 is 4.74 Å². The molecule has 1 rings (SSSR count). The highest BCUT2D eigenvalue weighted by molar-refractivity contribution is 7.15. The lowest BCUT2D eigenvalue weighted by molar-refractivity contribution is 0.414. The average molecular weight is 205 g/mol. The predicted molar refractivity (Wildman–Crippen MR) is 58.4 cm³/mol. The van der Waals surface area contributed by atoms with Crippen molar-refractivity contribution in [2.45, 2.75) is 6.92 Å². The van der Waals surface area contributed by atoms with Crippen molar-refractivity contribution in [3.05, 3.63) is 28.8 Å². The van der Waals surface area contributed by atoms with Gasteiger partial charge in [0.1, 0.15) is 5.75 Å². The van der Waals surface area contributed by atoms with Crippen LogP contribution in [-0.4, -0.2) is 13.8 Å². The fourth-order valence-corrected chi connectivity index (χ4v) is 0.962. The Hall–Kier alpha value is -0.260. The van der Waals surface area contributed by atoms with Crippen molar-refractivity contribution >= 4 is 20.8 Å². The van der Waals surface area contributed by atoms with Gasteiger partial charge in [-0.15, -0.1) is 9.24 Å². The topological polar surface area (TPSA) is 9.23 Å². The van der Waals surface area contributed by atoms with E-state index in [0.29, 0.717) is 5.02 Å². The van der Waals surface area contributed by atoms with Gasteiger partial charge in [-0.3, -0.25) is 0 Å². The standard InChI is InChI=1S/C8H9ClO.CH5P/c1-6-3-4-7(9)8(5-6)10-2;1-2/h3-5H,1-2H3;2H2,1H3. The number of hydrogen-bond acceptors (Lipinski definition) is 1. The van der Waals surface area contributed by atoms with E-state index >= 15 is 0 Å². The van der Waals surface area contributed by atoms with Crippen LogP contribution in [0.2, 0.25) is 5.02 Å². The van der Waals surface area contributed by atoms with Gasteiger partial charge in [-0.2, -0.15) is 0 Å². The third-order valence-corrected chi connectivity index (χ3v) is 1.62. The second-order valence-electron chi connectivity index (χ2n) is 2.14. The largest absolute Gasteiger partial charge is 0.495 e. The van der Waals surface area contributed by atoms with Crippen LogP contribution in [0.3, 0.4) is 0 Å². The van der Waals surface area contributed by atoms with E-state index in [1.807, 2.05) is 31.8 Å². The zero-order chi connectivity index (χ0) is 9.56. The molecule has 1 nitrogen and oxygen atoms in total. The van der Waals surface area contributed by atoms with Gasteiger partial charge in [-0.25, -0.2) is 0 Å². The van der Waals surface area contributed by atoms with E-state index in [-0.39, 0.29) is 0 Å². The molecule has 3 heteroatoms. The highest BCUT2D eigenvalue weighted by Gasteiger charge is 1.97. The van der Waals surface area contributed by atoms with Crippen molar-refractivity contribution < 1.29 is 4.74 Å². The number of aryl methyl sites for hydroxylation is 1. The van der Waals surface area contributed by atoms with Gasteiger partial charge in [-0.1, -0.05) is 24.3 Å². The Morgan fingerprint density at radius 3 is 2.33 bits per heavy atom. The molecule has 0 aliphatic carbocycles. The molecule has 0 N–H and O–H groups in total. The molecule has 0 aliphatic heterocycles. The minimum atomic E-state index is 0.660. The van der Waals surface area contributed by atoms with Gasteiger partial charge in [0.05, 0.1) is 12.1 Å². The summed E-state index contributed by atoms with van der Waals surface area (Å²) in [6, 6.07) is 5.68. The maximum absolute atomic E-state index is 5.77. The van der Waals surface area contributed by atoms with Gasteiger partial charge < -0.3 is 4.74 Å². The van der Waals surface area contributed by atoms with E-state index in [1.54, 1.807) is 7.11 Å². The van der Waals surface area contributed by atoms with Crippen molar-refractivity contribution in [3.63, 3.8) is 0 Å². The molecule has 1 aromatic rings. The molecule has 68 valence electrons. The SMILES string of the molecule is COc1cc(C)ccc1Cl.CP. The lowest BCUT2D eigenvalue weighted by Crippen LogP contribution is -1.83. The summed E-state index contributed by atoms with van der Waals surface area (Å²) in [5.74, 6) is 0.738. The molecule has 12 heavy (non-hydrogen) atoms. The minimum Gasteiger partial charge on any atom is -0.495 e. The summed E-state index contributed by atoms with van der Waals surface area (Å²) >= 11 is 5.77. The number of halogens is 1. The molecule has 0 spiro atoms. The van der Waals surface area contributed by atoms with E-state index in [4.69, 9.17) is 16.3 Å². The molecule has 0 bridgehead atoms. The Bertz CT molecular complexity index is 238. The zero-order valence-corrected chi connectivity index (χ0v) is 9.51. The molecule has 1 unspecified atom stereocenters. The van der Waals surface area contributed by atoms with Gasteiger partial charge in [-0.05, 0) is 24.6 Å². The summed E-state index contributed by atoms with van der Waals surface area (Å²) in [6.07, 6.45) is 0. The number of rotatable bonds is 1. The molecule has 0 saturated heterocycles. The molecule has 0 aromatic heterocycles. The maximum Gasteiger partial charge on any atom is 0.137 e. The summed E-state index contributed by atoms with van der Waals surface area (Å²) < 4.78 is 4.99. The summed E-state index contributed by atoms with van der Waals surface area (Å²) in [4.78, 5) is 0. The summed E-state index contributed by atoms with van der Waals surface area (Å²) in [7, 11) is 4.03. The minimum absolute atomic E-state index is 0.660. The first-order chi connectivity index (χ1) is 5.74. The molecule has 0 saturated carbocycles. The molecule has 0 amide bonds. The highest BCUT2D eigenvalue weighted by Crippen LogP contribution is 2.24. The molecule has 1 atom stereocenters. The maximum atomic E-state index is 5.77. The van der Waals surface area contributed by atoms with E-state index in [9.17, 15) is 0 Å². The van der Waals surface area contributed by atoms with Crippen LogP contribution in [-0.2, 0) is 0 Å². The third-order valence-electron chi connectivity index (χ3n) is 1.31. The van der Waals surface area contributed by atoms with Crippen LogP contribution in [0, 0.1) is 6.92 Å². The first kappa shape index (κ1) is 11.7. The van der Waals surface area contributed by atoms with Crippen LogP contribution in [0.4, 0.5) is 0 Å². The molecule has 0 aliphatic rings. The summed E-state index contributed by atoms with van der Waals surface area (Å²) in [5.41, 5.74) is 1.15. The summed E-state index contributed by atoms with van der Waals surface area (Å²) in [5, 5.41) is 0.660. The normalized spacial score (nSPS) is 8.42. The highest BCUT2D eigenvalue weighted by atomic mass is 35.5. The Labute approximate surface area is 81.3 Å². The fourth-order valence-electron chi connectivity index (χ4n) is 0.767. The summed E-state index contributed by atoms with van der Waals surface area (Å²) in [6.45, 7) is 3.92. The van der Waals surface area contributed by atoms with Crippen LogP contribution in [0.25, 0.3) is 0 Å². The van der Waals surface area contributed by atoms with E-state index in [2.05, 4.69) is 9.24 Å². The number of hydrogen-bond donors (Lipinski definition) is 0. The number of methoxy groups -OCH3 is 1. The second-order valence-corrected chi connectivity index (χ2v) is 2.55. The van der Waals surface area contributed by atoms with Gasteiger partial charge in [0, 0.05) is 0 Å². The van der Waals surface area contributed by atoms with Crippen molar-refractivity contribution in [1.82, 2.24) is 0 Å². The quantitative estimate of drug-likeness (QED) is 0.639. The smallest absolute Gasteiger partial charge is 0.137 e. The van der Waals surface area contributed by atoms with Gasteiger partial charge in [0.2, 0.25) is 0 Å². The van der Waals surface area contributed by atoms with Crippen molar-refractivity contribution in [1.29, 1.82) is 0 Å². The third kappa shape index (κ3) is 3.42. The number of ether oxygens (including phenoxy) is 1. The lowest BCUT2D eigenvalue weighted by Gasteiger charge is -2.01. The Kier molecular flexibility index (Phi) is 6.14. The first-order valence-electron chi connectivity index (χ1n) is 3.62. The van der Waals surface area contributed by atoms with Gasteiger partial charge in [0.15, 0.2) is 0 Å². The van der Waals surface area contributed by atoms with Crippen molar-refractivity contribution in [2.75, 3.05) is 13.8 Å². The van der Waals surface area contributed by atoms with Gasteiger partial charge in [0.25, 0.3) is 0 Å². The first-order valence-corrected chi connectivity index (χ1v) is 5.15. The zero-order valence-electron chi connectivity index (χ0n) is 7.60. The Balaban J connectivity index is 0.000000561. The molecule has 0 radical (unpaired) electrons. The number of benzene rings is 1. The molecule has 0 fully saturated rings. The Morgan fingerprint density at radius 1 is 1.33 bits per heavy atom. The van der Waals surface area contributed by atoms with Crippen molar-refractivity contribution in [3.8, 4) is 5.75 Å². The second kappa shape index (κ2) is 6.28. The monoisotopic (exact) mass is 204 g/mol. The lowest BCUT2D eigenvalue weighted by atomic mass is 10.2. The van der Waals surface area contributed by atoms with Crippen LogP contribution in [0.5, 0.6) is 5.75 Å². The van der Waals surface area contributed by atoms with Crippen LogP contribution in [0.15, 0.2) is 18.2 Å². The van der Waals surface area contributed by atoms with Crippen LogP contribution in [0.1, 0.15) is 5.56 Å².